The molecule has 2 heterocycles. The van der Waals surface area contributed by atoms with Crippen molar-refractivity contribution >= 4 is 17.6 Å². The lowest BCUT2D eigenvalue weighted by atomic mass is 10.2. The average molecular weight is 328 g/mol. The number of nitrogens with zero attached hydrogens (tertiary/aromatic N) is 2. The van der Waals surface area contributed by atoms with Crippen molar-refractivity contribution in [2.24, 2.45) is 0 Å². The van der Waals surface area contributed by atoms with Crippen LogP contribution in [-0.4, -0.2) is 32.9 Å². The fourth-order valence-electron chi connectivity index (χ4n) is 2.12. The van der Waals surface area contributed by atoms with Crippen molar-refractivity contribution < 1.29 is 19.1 Å². The zero-order valence-corrected chi connectivity index (χ0v) is 13.4. The summed E-state index contributed by atoms with van der Waals surface area (Å²) in [5, 5.41) is 9.73. The molecule has 1 fully saturated rings. The van der Waals surface area contributed by atoms with Crippen LogP contribution in [0.15, 0.2) is 36.0 Å². The second-order valence-corrected chi connectivity index (χ2v) is 5.70. The van der Waals surface area contributed by atoms with Gasteiger partial charge >= 0.3 is 11.9 Å². The predicted octanol–water partition coefficient (Wildman–Crippen LogP) is 1.91. The molecule has 2 aromatic rings. The number of hydrogen-bond acceptors (Lipinski definition) is 7. The number of hydrogen-bond donors (Lipinski definition) is 2. The lowest BCUT2D eigenvalue weighted by Crippen LogP contribution is -2.42. The van der Waals surface area contributed by atoms with Crippen molar-refractivity contribution in [2.45, 2.75) is 26.6 Å². The maximum atomic E-state index is 11.8. The zero-order valence-electron chi connectivity index (χ0n) is 13.4. The van der Waals surface area contributed by atoms with Gasteiger partial charge in [-0.1, -0.05) is 0 Å². The molecule has 0 spiro atoms. The molecule has 1 saturated heterocycles. The van der Waals surface area contributed by atoms with E-state index in [0.29, 0.717) is 11.5 Å². The Morgan fingerprint density at radius 3 is 2.29 bits per heavy atom. The summed E-state index contributed by atoms with van der Waals surface area (Å²) in [6.07, 6.45) is 1.27. The van der Waals surface area contributed by atoms with Gasteiger partial charge in [-0.25, -0.2) is 14.6 Å². The number of aromatic amines is 1. The number of aromatic nitrogens is 3. The van der Waals surface area contributed by atoms with Gasteiger partial charge in [0.15, 0.2) is 11.4 Å². The minimum Gasteiger partial charge on any atom is -0.419 e. The Bertz CT molecular complexity index is 799. The standard InChI is InChI=1S/C16H16N4O4/c1-9-18-13(20-19-9)10-4-6-11(7-5-10)17-8-12-14(21)23-16(2,3)24-15(12)22/h4-8,17H,1-3H3,(H,18,19,20). The maximum Gasteiger partial charge on any atom is 0.350 e. The van der Waals surface area contributed by atoms with Crippen LogP contribution in [-0.2, 0) is 19.1 Å². The predicted molar refractivity (Wildman–Crippen MR) is 84.5 cm³/mol. The van der Waals surface area contributed by atoms with Crippen LogP contribution in [0.3, 0.4) is 0 Å². The highest BCUT2D eigenvalue weighted by molar-refractivity contribution is 6.15. The number of nitrogens with one attached hydrogen (secondary N) is 2. The summed E-state index contributed by atoms with van der Waals surface area (Å²) in [6, 6.07) is 7.21. The van der Waals surface area contributed by atoms with Crippen LogP contribution in [0, 0.1) is 6.92 Å². The largest absolute Gasteiger partial charge is 0.419 e. The highest BCUT2D eigenvalue weighted by atomic mass is 16.7. The van der Waals surface area contributed by atoms with Gasteiger partial charge in [-0.15, -0.1) is 0 Å². The Balaban J connectivity index is 1.72. The molecule has 0 bridgehead atoms. The fraction of sp³-hybridized carbons (Fsp3) is 0.250. The molecule has 1 aliphatic rings. The molecular weight excluding hydrogens is 312 g/mol. The Morgan fingerprint density at radius 1 is 1.12 bits per heavy atom. The van der Waals surface area contributed by atoms with E-state index in [0.717, 1.165) is 11.4 Å². The topological polar surface area (TPSA) is 106 Å². The SMILES string of the molecule is Cc1nc(-c2ccc(NC=C3C(=O)OC(C)(C)OC3=O)cc2)n[nH]1. The molecule has 0 aliphatic carbocycles. The van der Waals surface area contributed by atoms with Crippen LogP contribution in [0.2, 0.25) is 0 Å². The first-order chi connectivity index (χ1) is 11.3. The Morgan fingerprint density at radius 2 is 1.75 bits per heavy atom. The molecule has 8 heteroatoms. The van der Waals surface area contributed by atoms with Crippen molar-refractivity contribution in [3.05, 3.63) is 41.9 Å². The number of benzene rings is 1. The summed E-state index contributed by atoms with van der Waals surface area (Å²) in [6.45, 7) is 4.81. The van der Waals surface area contributed by atoms with Crippen molar-refractivity contribution in [3.63, 3.8) is 0 Å². The molecule has 8 nitrogen and oxygen atoms in total. The van der Waals surface area contributed by atoms with E-state index in [9.17, 15) is 9.59 Å². The van der Waals surface area contributed by atoms with Gasteiger partial charge in [-0.05, 0) is 31.2 Å². The van der Waals surface area contributed by atoms with Crippen LogP contribution < -0.4 is 5.32 Å². The van der Waals surface area contributed by atoms with E-state index in [-0.39, 0.29) is 5.57 Å². The number of carbonyl (C=O) groups is 2. The van der Waals surface area contributed by atoms with Gasteiger partial charge in [0.1, 0.15) is 5.82 Å². The van der Waals surface area contributed by atoms with Crippen molar-refractivity contribution in [2.75, 3.05) is 5.32 Å². The van der Waals surface area contributed by atoms with E-state index in [1.807, 2.05) is 19.1 Å². The van der Waals surface area contributed by atoms with Gasteiger partial charge in [-0.3, -0.25) is 5.10 Å². The molecule has 0 radical (unpaired) electrons. The molecule has 1 aromatic heterocycles. The molecule has 2 N–H and O–H groups in total. The van der Waals surface area contributed by atoms with Gasteiger partial charge in [0.05, 0.1) is 0 Å². The van der Waals surface area contributed by atoms with Gasteiger partial charge < -0.3 is 14.8 Å². The molecule has 124 valence electrons. The van der Waals surface area contributed by atoms with E-state index in [1.165, 1.54) is 20.0 Å². The zero-order chi connectivity index (χ0) is 17.3. The van der Waals surface area contributed by atoms with Crippen molar-refractivity contribution in [3.8, 4) is 11.4 Å². The number of anilines is 1. The van der Waals surface area contributed by atoms with Gasteiger partial charge in [0.25, 0.3) is 5.79 Å². The Labute approximate surface area is 137 Å². The van der Waals surface area contributed by atoms with E-state index in [1.54, 1.807) is 12.1 Å². The van der Waals surface area contributed by atoms with Crippen LogP contribution in [0.5, 0.6) is 0 Å². The summed E-state index contributed by atoms with van der Waals surface area (Å²) in [7, 11) is 0. The number of cyclic esters (lactones) is 2. The van der Waals surface area contributed by atoms with E-state index >= 15 is 0 Å². The number of H-pyrrole nitrogens is 1. The second-order valence-electron chi connectivity index (χ2n) is 5.70. The number of carbonyl (C=O) groups excluding carboxylic acids is 2. The molecule has 0 amide bonds. The Hall–Kier alpha value is -3.16. The third kappa shape index (κ3) is 3.27. The first kappa shape index (κ1) is 15.7. The summed E-state index contributed by atoms with van der Waals surface area (Å²) in [4.78, 5) is 27.9. The highest BCUT2D eigenvalue weighted by Gasteiger charge is 2.38. The van der Waals surface area contributed by atoms with Crippen LogP contribution in [0.1, 0.15) is 19.7 Å². The normalized spacial score (nSPS) is 16.4. The quantitative estimate of drug-likeness (QED) is 0.503. The highest BCUT2D eigenvalue weighted by Crippen LogP contribution is 2.23. The van der Waals surface area contributed by atoms with Crippen LogP contribution in [0.25, 0.3) is 11.4 Å². The smallest absolute Gasteiger partial charge is 0.350 e. The molecule has 24 heavy (non-hydrogen) atoms. The van der Waals surface area contributed by atoms with Crippen LogP contribution in [0.4, 0.5) is 5.69 Å². The molecular formula is C16H16N4O4. The molecule has 0 unspecified atom stereocenters. The van der Waals surface area contributed by atoms with Gasteiger partial charge in [0, 0.05) is 31.3 Å². The minimum absolute atomic E-state index is 0.192. The molecule has 0 atom stereocenters. The molecule has 0 saturated carbocycles. The molecule has 1 aliphatic heterocycles. The monoisotopic (exact) mass is 328 g/mol. The lowest BCUT2D eigenvalue weighted by molar-refractivity contribution is -0.222. The first-order valence-corrected chi connectivity index (χ1v) is 7.27. The third-order valence-electron chi connectivity index (χ3n) is 3.24. The molecule has 1 aromatic carbocycles. The van der Waals surface area contributed by atoms with Crippen LogP contribution >= 0.6 is 0 Å². The van der Waals surface area contributed by atoms with E-state index < -0.39 is 17.7 Å². The lowest BCUT2D eigenvalue weighted by Gasteiger charge is -2.29. The third-order valence-corrected chi connectivity index (χ3v) is 3.24. The van der Waals surface area contributed by atoms with E-state index in [4.69, 9.17) is 9.47 Å². The average Bonchev–Trinajstić information content (AvgIpc) is 2.92. The number of esters is 2. The Kier molecular flexibility index (Phi) is 3.80. The van der Waals surface area contributed by atoms with Crippen molar-refractivity contribution in [1.29, 1.82) is 0 Å². The summed E-state index contributed by atoms with van der Waals surface area (Å²) < 4.78 is 10.0. The second kappa shape index (κ2) is 5.80. The van der Waals surface area contributed by atoms with E-state index in [2.05, 4.69) is 20.5 Å². The minimum atomic E-state index is -1.25. The fourth-order valence-corrected chi connectivity index (χ4v) is 2.12. The summed E-state index contributed by atoms with van der Waals surface area (Å²) >= 11 is 0. The van der Waals surface area contributed by atoms with Gasteiger partial charge in [0.2, 0.25) is 0 Å². The van der Waals surface area contributed by atoms with Gasteiger partial charge in [-0.2, -0.15) is 5.10 Å². The first-order valence-electron chi connectivity index (χ1n) is 7.27. The summed E-state index contributed by atoms with van der Waals surface area (Å²) in [5.74, 6) is -1.37. The number of rotatable bonds is 3. The number of ether oxygens (including phenoxy) is 2. The van der Waals surface area contributed by atoms with Crippen molar-refractivity contribution in [1.82, 2.24) is 15.2 Å². The summed E-state index contributed by atoms with van der Waals surface area (Å²) in [5.41, 5.74) is 1.34. The number of aryl methyl sites for hydroxylation is 1. The molecule has 3 rings (SSSR count). The maximum absolute atomic E-state index is 11.8.